The Morgan fingerprint density at radius 2 is 1.79 bits per heavy atom. The Bertz CT molecular complexity index is 1360. The molecule has 0 radical (unpaired) electrons. The molecular weight excluding hydrogens is 442 g/mol. The van der Waals surface area contributed by atoms with Crippen LogP contribution in [0.25, 0.3) is 16.3 Å². The van der Waals surface area contributed by atoms with Crippen molar-refractivity contribution >= 4 is 33.8 Å². The van der Waals surface area contributed by atoms with E-state index in [9.17, 15) is 14.7 Å². The summed E-state index contributed by atoms with van der Waals surface area (Å²) in [7, 11) is 0. The van der Waals surface area contributed by atoms with Crippen LogP contribution in [0, 0.1) is 0 Å². The van der Waals surface area contributed by atoms with Crippen LogP contribution in [0.5, 0.6) is 0 Å². The van der Waals surface area contributed by atoms with Gasteiger partial charge in [-0.15, -0.1) is 0 Å². The molecule has 5 rings (SSSR count). The van der Waals surface area contributed by atoms with Gasteiger partial charge in [0.1, 0.15) is 5.56 Å². The zero-order valence-corrected chi connectivity index (χ0v) is 18.8. The van der Waals surface area contributed by atoms with E-state index in [4.69, 9.17) is 16.3 Å². The molecule has 0 bridgehead atoms. The van der Waals surface area contributed by atoms with Crippen molar-refractivity contribution < 1.29 is 14.6 Å². The maximum atomic E-state index is 13.4. The summed E-state index contributed by atoms with van der Waals surface area (Å²) in [6.45, 7) is 3.84. The van der Waals surface area contributed by atoms with Crippen molar-refractivity contribution in [2.24, 2.45) is 0 Å². The minimum atomic E-state index is -0.438. The lowest BCUT2D eigenvalue weighted by atomic mass is 10.0. The van der Waals surface area contributed by atoms with Crippen LogP contribution in [-0.4, -0.2) is 46.6 Å². The number of benzene rings is 2. The number of nitrogens with zero attached hydrogens (tertiary/aromatic N) is 2. The Morgan fingerprint density at radius 1 is 1.06 bits per heavy atom. The zero-order chi connectivity index (χ0) is 22.9. The van der Waals surface area contributed by atoms with E-state index in [1.54, 1.807) is 28.9 Å². The Balaban J connectivity index is 1.51. The molecular formula is C25H24ClN3O4. The van der Waals surface area contributed by atoms with Crippen LogP contribution >= 0.6 is 11.6 Å². The smallest absolute Gasteiger partial charge is 0.257 e. The predicted molar refractivity (Wildman–Crippen MR) is 127 cm³/mol. The number of hydrogen-bond donors (Lipinski definition) is 2. The highest BCUT2D eigenvalue weighted by Gasteiger charge is 2.20. The van der Waals surface area contributed by atoms with Gasteiger partial charge in [0, 0.05) is 59.9 Å². The third kappa shape index (κ3) is 4.32. The van der Waals surface area contributed by atoms with E-state index in [-0.39, 0.29) is 24.1 Å². The first-order valence-corrected chi connectivity index (χ1v) is 11.3. The molecule has 1 aliphatic heterocycles. The van der Waals surface area contributed by atoms with E-state index in [0.29, 0.717) is 30.2 Å². The first-order valence-electron chi connectivity index (χ1n) is 10.9. The molecule has 2 aromatic heterocycles. The first-order chi connectivity index (χ1) is 16.0. The molecule has 7 nitrogen and oxygen atoms in total. The molecule has 170 valence electrons. The van der Waals surface area contributed by atoms with Crippen LogP contribution in [-0.2, 0) is 24.4 Å². The molecule has 0 spiro atoms. The van der Waals surface area contributed by atoms with Crippen molar-refractivity contribution in [1.82, 2.24) is 14.6 Å². The van der Waals surface area contributed by atoms with Gasteiger partial charge in [0.25, 0.3) is 5.91 Å². The summed E-state index contributed by atoms with van der Waals surface area (Å²) in [6.07, 6.45) is 3.33. The van der Waals surface area contributed by atoms with Gasteiger partial charge in [-0.25, -0.2) is 0 Å². The Kier molecular flexibility index (Phi) is 6.03. The number of carbonyl (C=O) groups excluding carboxylic acids is 1. The van der Waals surface area contributed by atoms with Gasteiger partial charge in [0.2, 0.25) is 5.43 Å². The molecule has 8 heteroatoms. The number of aliphatic hydroxyl groups is 1. The first kappa shape index (κ1) is 21.9. The van der Waals surface area contributed by atoms with Gasteiger partial charge in [-0.3, -0.25) is 14.5 Å². The number of pyridine rings is 1. The number of aliphatic hydroxyl groups excluding tert-OH is 1. The molecule has 0 unspecified atom stereocenters. The highest BCUT2D eigenvalue weighted by atomic mass is 35.5. The average Bonchev–Trinajstić information content (AvgIpc) is 3.19. The summed E-state index contributed by atoms with van der Waals surface area (Å²) >= 11 is 5.92. The summed E-state index contributed by atoms with van der Waals surface area (Å²) in [4.78, 5) is 28.6. The number of halogens is 1. The second-order valence-electron chi connectivity index (χ2n) is 8.33. The van der Waals surface area contributed by atoms with E-state index in [0.717, 1.165) is 40.7 Å². The fourth-order valence-electron chi connectivity index (χ4n) is 4.41. The highest BCUT2D eigenvalue weighted by molar-refractivity contribution is 6.30. The van der Waals surface area contributed by atoms with E-state index in [1.165, 1.54) is 0 Å². The van der Waals surface area contributed by atoms with Crippen molar-refractivity contribution in [1.29, 1.82) is 0 Å². The highest BCUT2D eigenvalue weighted by Crippen LogP contribution is 2.27. The number of carbonyl (C=O) groups is 1. The zero-order valence-electron chi connectivity index (χ0n) is 18.0. The number of rotatable bonds is 6. The Morgan fingerprint density at radius 3 is 2.52 bits per heavy atom. The van der Waals surface area contributed by atoms with Crippen LogP contribution in [0.15, 0.2) is 53.6 Å². The maximum absolute atomic E-state index is 13.4. The Labute approximate surface area is 195 Å². The molecule has 0 atom stereocenters. The number of morpholine rings is 1. The van der Waals surface area contributed by atoms with Crippen molar-refractivity contribution in [3.05, 3.63) is 86.3 Å². The van der Waals surface area contributed by atoms with Crippen molar-refractivity contribution in [3.8, 4) is 0 Å². The molecule has 0 aliphatic carbocycles. The summed E-state index contributed by atoms with van der Waals surface area (Å²) in [5, 5.41) is 14.7. The van der Waals surface area contributed by atoms with E-state index in [2.05, 4.69) is 10.2 Å². The lowest BCUT2D eigenvalue weighted by Gasteiger charge is -2.26. The molecule has 4 aromatic rings. The third-order valence-corrected chi connectivity index (χ3v) is 6.37. The number of nitrogens with one attached hydrogen (secondary N) is 1. The van der Waals surface area contributed by atoms with E-state index < -0.39 is 5.91 Å². The molecule has 3 heterocycles. The number of amides is 1. The quantitative estimate of drug-likeness (QED) is 0.457. The minimum Gasteiger partial charge on any atom is -0.392 e. The normalized spacial score (nSPS) is 14.8. The molecule has 0 saturated carbocycles. The second-order valence-corrected chi connectivity index (χ2v) is 8.77. The van der Waals surface area contributed by atoms with Crippen LogP contribution < -0.4 is 10.7 Å². The lowest BCUT2D eigenvalue weighted by Crippen LogP contribution is -2.35. The summed E-state index contributed by atoms with van der Waals surface area (Å²) in [5.74, 6) is -0.438. The lowest BCUT2D eigenvalue weighted by molar-refractivity contribution is 0.0342. The SMILES string of the molecule is O=C(NCc1ccc(Cl)cc1)c1cn2cc(CO)c3cc(CN4CCOCC4)cc(c1=O)c32. The van der Waals surface area contributed by atoms with Gasteiger partial charge in [-0.1, -0.05) is 23.7 Å². The van der Waals surface area contributed by atoms with Crippen LogP contribution in [0.3, 0.4) is 0 Å². The Hall–Kier alpha value is -2.97. The molecule has 1 aliphatic rings. The number of ether oxygens (including phenoxy) is 1. The molecule has 2 N–H and O–H groups in total. The van der Waals surface area contributed by atoms with Gasteiger partial charge in [0.05, 0.1) is 25.3 Å². The topological polar surface area (TPSA) is 83.3 Å². The predicted octanol–water partition coefficient (Wildman–Crippen LogP) is 2.80. The summed E-state index contributed by atoms with van der Waals surface area (Å²) in [6, 6.07) is 11.1. The van der Waals surface area contributed by atoms with E-state index in [1.807, 2.05) is 24.3 Å². The third-order valence-electron chi connectivity index (χ3n) is 6.12. The van der Waals surface area contributed by atoms with Crippen LogP contribution in [0.1, 0.15) is 27.0 Å². The average molecular weight is 466 g/mol. The van der Waals surface area contributed by atoms with Gasteiger partial charge in [0.15, 0.2) is 0 Å². The largest absolute Gasteiger partial charge is 0.392 e. The summed E-state index contributed by atoms with van der Waals surface area (Å²) < 4.78 is 7.20. The van der Waals surface area contributed by atoms with Gasteiger partial charge in [-0.2, -0.15) is 0 Å². The van der Waals surface area contributed by atoms with Gasteiger partial charge < -0.3 is 19.6 Å². The van der Waals surface area contributed by atoms with Gasteiger partial charge >= 0.3 is 0 Å². The monoisotopic (exact) mass is 465 g/mol. The fraction of sp³-hybridized carbons (Fsp3) is 0.280. The van der Waals surface area contributed by atoms with Crippen molar-refractivity contribution in [2.75, 3.05) is 26.3 Å². The van der Waals surface area contributed by atoms with Crippen LogP contribution in [0.4, 0.5) is 0 Å². The second kappa shape index (κ2) is 9.11. The fourth-order valence-corrected chi connectivity index (χ4v) is 4.54. The van der Waals surface area contributed by atoms with E-state index >= 15 is 0 Å². The van der Waals surface area contributed by atoms with Gasteiger partial charge in [-0.05, 0) is 35.4 Å². The molecule has 1 fully saturated rings. The van der Waals surface area contributed by atoms with Crippen molar-refractivity contribution in [2.45, 2.75) is 19.7 Å². The summed E-state index contributed by atoms with van der Waals surface area (Å²) in [5.41, 5.74) is 3.07. The molecule has 33 heavy (non-hydrogen) atoms. The standard InChI is InChI=1S/C25H24ClN3O4/c26-19-3-1-16(2-4-19)11-27-25(32)22-14-29-13-18(15-30)20-9-17(10-21(23(20)29)24(22)31)12-28-5-7-33-8-6-28/h1-4,9-10,13-14,30H,5-8,11-12,15H2,(H,27,32). The van der Waals surface area contributed by atoms with Crippen LogP contribution in [0.2, 0.25) is 5.02 Å². The maximum Gasteiger partial charge on any atom is 0.257 e. The number of aromatic nitrogens is 1. The molecule has 1 saturated heterocycles. The molecule has 2 aromatic carbocycles. The minimum absolute atomic E-state index is 0.0707. The molecule has 1 amide bonds. The number of hydrogen-bond acceptors (Lipinski definition) is 5. The van der Waals surface area contributed by atoms with Crippen molar-refractivity contribution in [3.63, 3.8) is 0 Å².